The van der Waals surface area contributed by atoms with Crippen LogP contribution < -0.4 is 9.64 Å². The van der Waals surface area contributed by atoms with E-state index in [0.29, 0.717) is 5.88 Å². The van der Waals surface area contributed by atoms with Crippen molar-refractivity contribution in [1.82, 2.24) is 9.97 Å². The normalized spacial score (nSPS) is 14.3. The maximum Gasteiger partial charge on any atom is 0.257 e. The van der Waals surface area contributed by atoms with Crippen LogP contribution in [-0.4, -0.2) is 30.2 Å². The molecule has 1 aliphatic heterocycles. The minimum Gasteiger partial charge on any atom is -0.478 e. The van der Waals surface area contributed by atoms with Crippen molar-refractivity contribution in [3.05, 3.63) is 24.3 Å². The fraction of sp³-hybridized carbons (Fsp3) is 0.273. The van der Waals surface area contributed by atoms with Gasteiger partial charge in [-0.2, -0.15) is 0 Å². The van der Waals surface area contributed by atoms with Gasteiger partial charge in [-0.3, -0.25) is 0 Å². The van der Waals surface area contributed by atoms with E-state index in [4.69, 9.17) is 4.74 Å². The van der Waals surface area contributed by atoms with E-state index < -0.39 is 0 Å². The molecule has 0 spiro atoms. The van der Waals surface area contributed by atoms with Crippen LogP contribution in [0.2, 0.25) is 0 Å². The summed E-state index contributed by atoms with van der Waals surface area (Å²) in [5.41, 5.74) is 1.79. The highest BCUT2D eigenvalue weighted by Gasteiger charge is 2.24. The Labute approximate surface area is 87.5 Å². The van der Waals surface area contributed by atoms with Crippen LogP contribution in [-0.2, 0) is 0 Å². The molecule has 3 rings (SSSR count). The van der Waals surface area contributed by atoms with Gasteiger partial charge in [0.2, 0.25) is 0 Å². The average molecular weight is 201 g/mol. The van der Waals surface area contributed by atoms with Gasteiger partial charge < -0.3 is 9.64 Å². The van der Waals surface area contributed by atoms with Gasteiger partial charge >= 0.3 is 0 Å². The van der Waals surface area contributed by atoms with Gasteiger partial charge in [0, 0.05) is 13.1 Å². The highest BCUT2D eigenvalue weighted by Crippen LogP contribution is 2.29. The fourth-order valence-corrected chi connectivity index (χ4v) is 1.58. The molecule has 0 saturated carbocycles. The first-order valence-corrected chi connectivity index (χ1v) is 4.94. The Bertz CT molecular complexity index is 508. The summed E-state index contributed by atoms with van der Waals surface area (Å²) < 4.78 is 5.24. The Kier molecular flexibility index (Phi) is 1.74. The smallest absolute Gasteiger partial charge is 0.257 e. The molecule has 4 nitrogen and oxygen atoms in total. The van der Waals surface area contributed by atoms with Gasteiger partial charge in [-0.25, -0.2) is 9.97 Å². The van der Waals surface area contributed by atoms with Crippen molar-refractivity contribution in [1.29, 1.82) is 0 Å². The number of hydrogen-bond donors (Lipinski definition) is 0. The molecule has 2 aromatic rings. The molecule has 0 bridgehead atoms. The molecule has 2 heterocycles. The number of anilines is 1. The molecule has 0 atom stereocenters. The topological polar surface area (TPSA) is 38.0 Å². The Balaban J connectivity index is 2.24. The van der Waals surface area contributed by atoms with E-state index in [1.54, 1.807) is 7.11 Å². The number of para-hydroxylation sites is 2. The predicted octanol–water partition coefficient (Wildman–Crippen LogP) is 1.46. The fourth-order valence-electron chi connectivity index (χ4n) is 1.58. The van der Waals surface area contributed by atoms with Gasteiger partial charge in [0.1, 0.15) is 0 Å². The van der Waals surface area contributed by atoms with Crippen molar-refractivity contribution >= 4 is 16.9 Å². The molecule has 1 aromatic carbocycles. The van der Waals surface area contributed by atoms with Crippen LogP contribution in [0.15, 0.2) is 24.3 Å². The molecular formula is C11H11N3O. The molecule has 15 heavy (non-hydrogen) atoms. The zero-order valence-electron chi connectivity index (χ0n) is 8.47. The van der Waals surface area contributed by atoms with E-state index >= 15 is 0 Å². The molecule has 0 aliphatic carbocycles. The van der Waals surface area contributed by atoms with Crippen molar-refractivity contribution in [2.24, 2.45) is 0 Å². The van der Waals surface area contributed by atoms with Gasteiger partial charge in [-0.1, -0.05) is 12.1 Å². The number of methoxy groups -OCH3 is 1. The molecule has 1 fully saturated rings. The summed E-state index contributed by atoms with van der Waals surface area (Å²) in [5.74, 6) is 1.47. The third-order valence-corrected chi connectivity index (χ3v) is 2.46. The number of ether oxygens (including phenoxy) is 1. The molecule has 0 unspecified atom stereocenters. The van der Waals surface area contributed by atoms with Gasteiger partial charge in [-0.05, 0) is 12.1 Å². The third-order valence-electron chi connectivity index (χ3n) is 2.46. The van der Waals surface area contributed by atoms with Crippen LogP contribution >= 0.6 is 0 Å². The second-order valence-corrected chi connectivity index (χ2v) is 3.53. The molecule has 1 saturated heterocycles. The number of hydrogen-bond acceptors (Lipinski definition) is 4. The van der Waals surface area contributed by atoms with Crippen LogP contribution in [0.25, 0.3) is 11.0 Å². The maximum atomic E-state index is 5.24. The highest BCUT2D eigenvalue weighted by atomic mass is 16.5. The second-order valence-electron chi connectivity index (χ2n) is 3.53. The molecule has 1 aromatic heterocycles. The first kappa shape index (κ1) is 8.47. The second kappa shape index (κ2) is 3.08. The van der Waals surface area contributed by atoms with Crippen LogP contribution in [0.1, 0.15) is 0 Å². The molecule has 76 valence electrons. The summed E-state index contributed by atoms with van der Waals surface area (Å²) in [6.07, 6.45) is 0. The maximum absolute atomic E-state index is 5.24. The van der Waals surface area contributed by atoms with E-state index in [9.17, 15) is 0 Å². The summed E-state index contributed by atoms with van der Waals surface area (Å²) >= 11 is 0. The summed E-state index contributed by atoms with van der Waals surface area (Å²) in [6, 6.07) is 7.83. The van der Waals surface area contributed by atoms with E-state index in [2.05, 4.69) is 14.9 Å². The molecule has 1 aliphatic rings. The van der Waals surface area contributed by atoms with Crippen molar-refractivity contribution in [2.45, 2.75) is 0 Å². The third kappa shape index (κ3) is 1.38. The zero-order valence-corrected chi connectivity index (χ0v) is 8.47. The van der Waals surface area contributed by atoms with Crippen molar-refractivity contribution < 1.29 is 4.74 Å². The SMILES string of the molecule is COc1nc2ccccc2nc1N1CC1. The molecular weight excluding hydrogens is 190 g/mol. The standard InChI is InChI=1S/C11H11N3O/c1-15-11-10(14-6-7-14)12-8-4-2-3-5-9(8)13-11/h2-5H,6-7H2,1H3. The lowest BCUT2D eigenvalue weighted by molar-refractivity contribution is 0.399. The molecule has 4 heteroatoms. The van der Waals surface area contributed by atoms with E-state index in [1.165, 1.54) is 0 Å². The first-order chi connectivity index (χ1) is 7.38. The summed E-state index contributed by atoms with van der Waals surface area (Å²) in [4.78, 5) is 11.1. The Morgan fingerprint density at radius 1 is 1.13 bits per heavy atom. The van der Waals surface area contributed by atoms with Crippen molar-refractivity contribution in [2.75, 3.05) is 25.1 Å². The summed E-state index contributed by atoms with van der Waals surface area (Å²) in [5, 5.41) is 0. The number of fused-ring (bicyclic) bond motifs is 1. The minimum atomic E-state index is 0.617. The van der Waals surface area contributed by atoms with Crippen molar-refractivity contribution in [3.63, 3.8) is 0 Å². The Morgan fingerprint density at radius 2 is 1.80 bits per heavy atom. The van der Waals surface area contributed by atoms with Gasteiger partial charge in [0.25, 0.3) is 5.88 Å². The van der Waals surface area contributed by atoms with Crippen LogP contribution in [0.4, 0.5) is 5.82 Å². The predicted molar refractivity (Wildman–Crippen MR) is 58.3 cm³/mol. The summed E-state index contributed by atoms with van der Waals surface area (Å²) in [6.45, 7) is 2.09. The van der Waals surface area contributed by atoms with Gasteiger partial charge in [0.05, 0.1) is 18.1 Å². The number of aromatic nitrogens is 2. The minimum absolute atomic E-state index is 0.617. The largest absolute Gasteiger partial charge is 0.478 e. The number of benzene rings is 1. The Hall–Kier alpha value is -1.84. The molecule has 0 radical (unpaired) electrons. The molecule has 0 N–H and O–H groups in total. The van der Waals surface area contributed by atoms with Crippen LogP contribution in [0.5, 0.6) is 5.88 Å². The zero-order chi connectivity index (χ0) is 10.3. The molecule has 0 amide bonds. The average Bonchev–Trinajstić information content (AvgIpc) is 3.11. The number of nitrogens with zero attached hydrogens (tertiary/aromatic N) is 3. The van der Waals surface area contributed by atoms with Gasteiger partial charge in [0.15, 0.2) is 5.82 Å². The van der Waals surface area contributed by atoms with E-state index in [1.807, 2.05) is 24.3 Å². The lowest BCUT2D eigenvalue weighted by atomic mass is 10.3. The number of rotatable bonds is 2. The highest BCUT2D eigenvalue weighted by molar-refractivity contribution is 5.78. The lowest BCUT2D eigenvalue weighted by Crippen LogP contribution is -2.01. The van der Waals surface area contributed by atoms with E-state index in [0.717, 1.165) is 29.9 Å². The van der Waals surface area contributed by atoms with Gasteiger partial charge in [-0.15, -0.1) is 0 Å². The Morgan fingerprint density at radius 3 is 2.40 bits per heavy atom. The quantitative estimate of drug-likeness (QED) is 0.689. The summed E-state index contributed by atoms with van der Waals surface area (Å²) in [7, 11) is 1.63. The monoisotopic (exact) mass is 201 g/mol. The van der Waals surface area contributed by atoms with Crippen LogP contribution in [0, 0.1) is 0 Å². The van der Waals surface area contributed by atoms with E-state index in [-0.39, 0.29) is 0 Å². The van der Waals surface area contributed by atoms with Crippen molar-refractivity contribution in [3.8, 4) is 5.88 Å². The van der Waals surface area contributed by atoms with Crippen LogP contribution in [0.3, 0.4) is 0 Å². The first-order valence-electron chi connectivity index (χ1n) is 4.94. The lowest BCUT2D eigenvalue weighted by Gasteiger charge is -2.08.